The van der Waals surface area contributed by atoms with Crippen molar-refractivity contribution < 1.29 is 14.0 Å². The zero-order chi connectivity index (χ0) is 17.1. The lowest BCUT2D eigenvalue weighted by molar-refractivity contribution is -0.127. The molecule has 7 heteroatoms. The van der Waals surface area contributed by atoms with Gasteiger partial charge in [-0.05, 0) is 45.2 Å². The number of aryl methyl sites for hydroxylation is 1. The first kappa shape index (κ1) is 16.7. The summed E-state index contributed by atoms with van der Waals surface area (Å²) in [6.45, 7) is 4.47. The molecule has 128 valence electrons. The number of carbonyl (C=O) groups is 2. The van der Waals surface area contributed by atoms with Gasteiger partial charge in [0, 0.05) is 17.6 Å². The molecular weight excluding hydrogens is 326 g/mol. The molecule has 0 saturated carbocycles. The summed E-state index contributed by atoms with van der Waals surface area (Å²) in [7, 11) is 0. The van der Waals surface area contributed by atoms with Gasteiger partial charge in [0.15, 0.2) is 5.76 Å². The van der Waals surface area contributed by atoms with Crippen LogP contribution in [0, 0.1) is 6.92 Å². The molecule has 1 saturated heterocycles. The summed E-state index contributed by atoms with van der Waals surface area (Å²) in [5.41, 5.74) is 0. The fraction of sp³-hybridized carbons (Fsp3) is 0.471. The number of hydrogen-bond acceptors (Lipinski definition) is 5. The molecule has 6 nitrogen and oxygen atoms in total. The van der Waals surface area contributed by atoms with Crippen LogP contribution in [0.5, 0.6) is 0 Å². The van der Waals surface area contributed by atoms with E-state index in [1.54, 1.807) is 34.6 Å². The van der Waals surface area contributed by atoms with Crippen molar-refractivity contribution in [3.63, 3.8) is 0 Å². The van der Waals surface area contributed by atoms with Gasteiger partial charge in [0.05, 0.1) is 12.3 Å². The van der Waals surface area contributed by atoms with E-state index in [0.717, 1.165) is 22.7 Å². The first-order chi connectivity index (χ1) is 11.6. The summed E-state index contributed by atoms with van der Waals surface area (Å²) >= 11 is 1.57. The van der Waals surface area contributed by atoms with Crippen molar-refractivity contribution in [1.82, 2.24) is 15.2 Å². The van der Waals surface area contributed by atoms with Crippen LogP contribution in [-0.4, -0.2) is 34.3 Å². The molecule has 1 N–H and O–H groups in total. The molecule has 2 aromatic rings. The molecule has 24 heavy (non-hydrogen) atoms. The highest BCUT2D eigenvalue weighted by atomic mass is 32.1. The highest BCUT2D eigenvalue weighted by molar-refractivity contribution is 7.11. The maximum atomic E-state index is 12.7. The molecule has 0 aromatic carbocycles. The number of piperidine rings is 1. The van der Waals surface area contributed by atoms with Gasteiger partial charge in [-0.1, -0.05) is 0 Å². The van der Waals surface area contributed by atoms with Crippen molar-refractivity contribution in [2.24, 2.45) is 0 Å². The lowest BCUT2D eigenvalue weighted by atomic mass is 10.0. The van der Waals surface area contributed by atoms with Crippen molar-refractivity contribution in [2.45, 2.75) is 45.2 Å². The highest BCUT2D eigenvalue weighted by Crippen LogP contribution is 2.23. The van der Waals surface area contributed by atoms with Crippen LogP contribution in [0.3, 0.4) is 0 Å². The quantitative estimate of drug-likeness (QED) is 0.923. The Morgan fingerprint density at radius 1 is 1.46 bits per heavy atom. The van der Waals surface area contributed by atoms with Gasteiger partial charge in [0.2, 0.25) is 5.91 Å². The SMILES string of the molecule is Cc1cnc(C(C)NC(=O)C2CCCCN2C(=O)c2ccco2)s1. The Morgan fingerprint density at radius 2 is 2.29 bits per heavy atom. The predicted molar refractivity (Wildman–Crippen MR) is 90.8 cm³/mol. The van der Waals surface area contributed by atoms with Crippen LogP contribution >= 0.6 is 11.3 Å². The van der Waals surface area contributed by atoms with Crippen LogP contribution in [-0.2, 0) is 4.79 Å². The molecule has 3 heterocycles. The summed E-state index contributed by atoms with van der Waals surface area (Å²) in [4.78, 5) is 32.3. The van der Waals surface area contributed by atoms with Crippen molar-refractivity contribution in [2.75, 3.05) is 6.54 Å². The standard InChI is InChI=1S/C17H21N3O3S/c1-11-10-18-16(24-11)12(2)19-15(21)13-6-3-4-8-20(13)17(22)14-7-5-9-23-14/h5,7,9-10,12-13H,3-4,6,8H2,1-2H3,(H,19,21). The normalized spacial score (nSPS) is 19.1. The largest absolute Gasteiger partial charge is 0.459 e. The molecule has 1 aliphatic heterocycles. The highest BCUT2D eigenvalue weighted by Gasteiger charge is 2.34. The summed E-state index contributed by atoms with van der Waals surface area (Å²) in [5, 5.41) is 3.87. The van der Waals surface area contributed by atoms with Crippen molar-refractivity contribution in [1.29, 1.82) is 0 Å². The summed E-state index contributed by atoms with van der Waals surface area (Å²) in [6, 6.07) is 2.69. The van der Waals surface area contributed by atoms with Gasteiger partial charge in [-0.2, -0.15) is 0 Å². The average Bonchev–Trinajstić information content (AvgIpc) is 3.25. The van der Waals surface area contributed by atoms with Crippen molar-refractivity contribution in [3.8, 4) is 0 Å². The maximum Gasteiger partial charge on any atom is 0.290 e. The zero-order valence-electron chi connectivity index (χ0n) is 13.8. The molecule has 2 aromatic heterocycles. The number of nitrogens with one attached hydrogen (secondary N) is 1. The van der Waals surface area contributed by atoms with Crippen LogP contribution in [0.4, 0.5) is 0 Å². The minimum Gasteiger partial charge on any atom is -0.459 e. The lowest BCUT2D eigenvalue weighted by Crippen LogP contribution is -2.52. The van der Waals surface area contributed by atoms with Crippen molar-refractivity contribution >= 4 is 23.2 Å². The van der Waals surface area contributed by atoms with Gasteiger partial charge in [-0.15, -0.1) is 11.3 Å². The number of aromatic nitrogens is 1. The topological polar surface area (TPSA) is 75.4 Å². The number of likely N-dealkylation sites (tertiary alicyclic amines) is 1. The Labute approximate surface area is 144 Å². The summed E-state index contributed by atoms with van der Waals surface area (Å²) in [6.07, 6.45) is 5.78. The fourth-order valence-electron chi connectivity index (χ4n) is 2.93. The van der Waals surface area contributed by atoms with E-state index < -0.39 is 6.04 Å². The molecular formula is C17H21N3O3S. The van der Waals surface area contributed by atoms with E-state index in [4.69, 9.17) is 4.42 Å². The van der Waals surface area contributed by atoms with E-state index in [1.165, 1.54) is 6.26 Å². The molecule has 1 fully saturated rings. The Bertz CT molecular complexity index is 710. The maximum absolute atomic E-state index is 12.7. The van der Waals surface area contributed by atoms with Gasteiger partial charge >= 0.3 is 0 Å². The molecule has 0 spiro atoms. The second kappa shape index (κ2) is 7.17. The summed E-state index contributed by atoms with van der Waals surface area (Å²) < 4.78 is 5.20. The smallest absolute Gasteiger partial charge is 0.290 e. The number of carbonyl (C=O) groups excluding carboxylic acids is 2. The number of rotatable bonds is 4. The number of thiazole rings is 1. The lowest BCUT2D eigenvalue weighted by Gasteiger charge is -2.34. The van der Waals surface area contributed by atoms with E-state index in [9.17, 15) is 9.59 Å². The van der Waals surface area contributed by atoms with Gasteiger partial charge in [-0.25, -0.2) is 4.98 Å². The predicted octanol–water partition coefficient (Wildman–Crippen LogP) is 2.92. The van der Waals surface area contributed by atoms with Crippen LogP contribution in [0.2, 0.25) is 0 Å². The molecule has 3 rings (SSSR count). The van der Waals surface area contributed by atoms with E-state index in [1.807, 2.05) is 13.8 Å². The number of amides is 2. The van der Waals surface area contributed by atoms with E-state index in [2.05, 4.69) is 10.3 Å². The van der Waals surface area contributed by atoms with Crippen molar-refractivity contribution in [3.05, 3.63) is 40.2 Å². The van der Waals surface area contributed by atoms with E-state index in [-0.39, 0.29) is 23.6 Å². The Kier molecular flexibility index (Phi) is 4.99. The van der Waals surface area contributed by atoms with Crippen LogP contribution in [0.1, 0.15) is 52.7 Å². The molecule has 2 atom stereocenters. The second-order valence-corrected chi connectivity index (χ2v) is 7.29. The van der Waals surface area contributed by atoms with E-state index in [0.29, 0.717) is 13.0 Å². The Balaban J connectivity index is 1.70. The summed E-state index contributed by atoms with van der Waals surface area (Å²) in [5.74, 6) is -0.0779. The monoisotopic (exact) mass is 347 g/mol. The minimum atomic E-state index is -0.458. The third-order valence-corrected chi connectivity index (χ3v) is 5.26. The molecule has 2 amide bonds. The number of furan rings is 1. The Morgan fingerprint density at radius 3 is 2.96 bits per heavy atom. The van der Waals surface area contributed by atoms with E-state index >= 15 is 0 Å². The first-order valence-corrected chi connectivity index (χ1v) is 8.95. The van der Waals surface area contributed by atoms with Gasteiger partial charge in [-0.3, -0.25) is 9.59 Å². The van der Waals surface area contributed by atoms with Crippen LogP contribution in [0.25, 0.3) is 0 Å². The van der Waals surface area contributed by atoms with Crippen LogP contribution < -0.4 is 5.32 Å². The first-order valence-electron chi connectivity index (χ1n) is 8.13. The third kappa shape index (κ3) is 3.51. The Hall–Kier alpha value is -2.15. The third-order valence-electron chi connectivity index (χ3n) is 4.17. The molecule has 0 aliphatic carbocycles. The molecule has 1 aliphatic rings. The molecule has 0 bridgehead atoms. The van der Waals surface area contributed by atoms with Gasteiger partial charge in [0.25, 0.3) is 5.91 Å². The molecule has 2 unspecified atom stereocenters. The van der Waals surface area contributed by atoms with Gasteiger partial charge < -0.3 is 14.6 Å². The second-order valence-electron chi connectivity index (χ2n) is 6.03. The number of nitrogens with zero attached hydrogens (tertiary/aromatic N) is 2. The fourth-order valence-corrected chi connectivity index (χ4v) is 3.71. The van der Waals surface area contributed by atoms with Crippen LogP contribution in [0.15, 0.2) is 29.0 Å². The molecule has 0 radical (unpaired) electrons. The minimum absolute atomic E-state index is 0.130. The number of hydrogen-bond donors (Lipinski definition) is 1. The average molecular weight is 347 g/mol. The zero-order valence-corrected chi connectivity index (χ0v) is 14.6. The van der Waals surface area contributed by atoms with Gasteiger partial charge in [0.1, 0.15) is 11.0 Å².